The number of nitrogens with zero attached hydrogens (tertiary/aromatic N) is 2. The summed E-state index contributed by atoms with van der Waals surface area (Å²) in [6.45, 7) is 6.04. The summed E-state index contributed by atoms with van der Waals surface area (Å²) in [4.78, 5) is 18.3. The minimum Gasteiger partial charge on any atom is -0.366 e. The number of nitrogens with one attached hydrogen (secondary N) is 1. The van der Waals surface area contributed by atoms with E-state index >= 15 is 0 Å². The first-order valence-corrected chi connectivity index (χ1v) is 7.18. The van der Waals surface area contributed by atoms with Crippen molar-refractivity contribution >= 4 is 23.1 Å². The molecule has 0 aliphatic heterocycles. The van der Waals surface area contributed by atoms with Crippen LogP contribution < -0.4 is 11.1 Å². The minimum absolute atomic E-state index is 0.149. The Labute approximate surface area is 127 Å². The molecule has 1 aromatic carbocycles. The van der Waals surface area contributed by atoms with Gasteiger partial charge in [-0.25, -0.2) is 4.99 Å². The summed E-state index contributed by atoms with van der Waals surface area (Å²) in [7, 11) is 3.90. The summed E-state index contributed by atoms with van der Waals surface area (Å²) in [5, 5.41) is 2.83. The van der Waals surface area contributed by atoms with Crippen LogP contribution in [-0.2, 0) is 4.79 Å². The van der Waals surface area contributed by atoms with Gasteiger partial charge in [0.05, 0.1) is 11.7 Å². The lowest BCUT2D eigenvalue weighted by molar-refractivity contribution is -0.117. The van der Waals surface area contributed by atoms with Gasteiger partial charge in [0, 0.05) is 19.8 Å². The summed E-state index contributed by atoms with van der Waals surface area (Å²) in [5.41, 5.74) is 7.44. The molecule has 1 amide bonds. The Bertz CT molecular complexity index is 492. The standard InChI is InChI=1S/C16H26N4O/c1-11(2)10-15(17)16(21)19-14-8-6-13(7-9-14)18-12(3)20(4)5/h6-9,11,15H,10,17H2,1-5H3,(H,19,21)/t15-/m1/s1. The summed E-state index contributed by atoms with van der Waals surface area (Å²) >= 11 is 0. The van der Waals surface area contributed by atoms with Crippen LogP contribution in [0.15, 0.2) is 29.3 Å². The molecule has 0 unspecified atom stereocenters. The molecule has 0 bridgehead atoms. The highest BCUT2D eigenvalue weighted by Crippen LogP contribution is 2.17. The minimum atomic E-state index is -0.473. The lowest BCUT2D eigenvalue weighted by atomic mass is 10.0. The largest absolute Gasteiger partial charge is 0.366 e. The molecule has 0 aromatic heterocycles. The number of carbonyl (C=O) groups excluding carboxylic acids is 1. The van der Waals surface area contributed by atoms with Crippen molar-refractivity contribution in [3.63, 3.8) is 0 Å². The van der Waals surface area contributed by atoms with Crippen LogP contribution >= 0.6 is 0 Å². The zero-order valence-electron chi connectivity index (χ0n) is 13.6. The van der Waals surface area contributed by atoms with Crippen LogP contribution in [0.1, 0.15) is 27.2 Å². The number of carbonyl (C=O) groups is 1. The fourth-order valence-corrected chi connectivity index (χ4v) is 1.76. The molecule has 1 aromatic rings. The molecular weight excluding hydrogens is 264 g/mol. The molecule has 21 heavy (non-hydrogen) atoms. The van der Waals surface area contributed by atoms with E-state index in [1.54, 1.807) is 0 Å². The quantitative estimate of drug-likeness (QED) is 0.647. The molecule has 0 radical (unpaired) electrons. The van der Waals surface area contributed by atoms with E-state index in [1.165, 1.54) is 0 Å². The van der Waals surface area contributed by atoms with E-state index in [0.29, 0.717) is 12.3 Å². The molecule has 0 spiro atoms. The number of amides is 1. The van der Waals surface area contributed by atoms with Crippen molar-refractivity contribution in [1.29, 1.82) is 0 Å². The number of amidine groups is 1. The topological polar surface area (TPSA) is 70.7 Å². The number of hydrogen-bond acceptors (Lipinski definition) is 3. The second kappa shape index (κ2) is 7.78. The zero-order valence-corrected chi connectivity index (χ0v) is 13.6. The SMILES string of the molecule is CC(=Nc1ccc(NC(=O)[C@H](N)CC(C)C)cc1)N(C)C. The van der Waals surface area contributed by atoms with Gasteiger partial charge in [-0.2, -0.15) is 0 Å². The van der Waals surface area contributed by atoms with Crippen molar-refractivity contribution in [2.45, 2.75) is 33.2 Å². The highest BCUT2D eigenvalue weighted by Gasteiger charge is 2.14. The third-order valence-corrected chi connectivity index (χ3v) is 3.14. The molecule has 1 atom stereocenters. The van der Waals surface area contributed by atoms with Crippen molar-refractivity contribution in [3.8, 4) is 0 Å². The Balaban J connectivity index is 2.67. The highest BCUT2D eigenvalue weighted by atomic mass is 16.2. The van der Waals surface area contributed by atoms with Crippen LogP contribution in [0.25, 0.3) is 0 Å². The summed E-state index contributed by atoms with van der Waals surface area (Å²) in [5.74, 6) is 1.17. The molecule has 3 N–H and O–H groups in total. The molecular formula is C16H26N4O. The van der Waals surface area contributed by atoms with Crippen molar-refractivity contribution in [2.24, 2.45) is 16.6 Å². The maximum atomic E-state index is 11.9. The van der Waals surface area contributed by atoms with Gasteiger partial charge in [-0.05, 0) is 43.5 Å². The van der Waals surface area contributed by atoms with Crippen molar-refractivity contribution in [2.75, 3.05) is 19.4 Å². The predicted molar refractivity (Wildman–Crippen MR) is 89.0 cm³/mol. The average molecular weight is 290 g/mol. The van der Waals surface area contributed by atoms with Gasteiger partial charge >= 0.3 is 0 Å². The van der Waals surface area contributed by atoms with Gasteiger partial charge in [-0.3, -0.25) is 4.79 Å². The van der Waals surface area contributed by atoms with Crippen LogP contribution in [0.5, 0.6) is 0 Å². The smallest absolute Gasteiger partial charge is 0.241 e. The third kappa shape index (κ3) is 5.95. The van der Waals surface area contributed by atoms with E-state index in [1.807, 2.05) is 64.0 Å². The van der Waals surface area contributed by atoms with E-state index in [9.17, 15) is 4.79 Å². The highest BCUT2D eigenvalue weighted by molar-refractivity contribution is 5.94. The average Bonchev–Trinajstić information content (AvgIpc) is 2.39. The number of benzene rings is 1. The maximum Gasteiger partial charge on any atom is 0.241 e. The molecule has 0 saturated heterocycles. The van der Waals surface area contributed by atoms with Crippen molar-refractivity contribution in [1.82, 2.24) is 4.90 Å². The van der Waals surface area contributed by atoms with Gasteiger partial charge in [0.25, 0.3) is 0 Å². The number of anilines is 1. The van der Waals surface area contributed by atoms with E-state index in [0.717, 1.165) is 17.2 Å². The summed E-state index contributed by atoms with van der Waals surface area (Å²) in [6.07, 6.45) is 0.677. The second-order valence-corrected chi connectivity index (χ2v) is 5.83. The van der Waals surface area contributed by atoms with Gasteiger partial charge in [-0.1, -0.05) is 13.8 Å². The van der Waals surface area contributed by atoms with Crippen LogP contribution in [0.4, 0.5) is 11.4 Å². The summed E-state index contributed by atoms with van der Waals surface area (Å²) < 4.78 is 0. The van der Waals surface area contributed by atoms with E-state index in [-0.39, 0.29) is 5.91 Å². The Morgan fingerprint density at radius 2 is 1.86 bits per heavy atom. The van der Waals surface area contributed by atoms with Crippen molar-refractivity contribution < 1.29 is 4.79 Å². The predicted octanol–water partition coefficient (Wildman–Crippen LogP) is 2.61. The molecule has 0 heterocycles. The Morgan fingerprint density at radius 3 is 2.33 bits per heavy atom. The van der Waals surface area contributed by atoms with Crippen LogP contribution in [0.2, 0.25) is 0 Å². The fourth-order valence-electron chi connectivity index (χ4n) is 1.76. The number of aliphatic imine (C=N–C) groups is 1. The number of nitrogens with two attached hydrogens (primary N) is 1. The molecule has 116 valence electrons. The third-order valence-electron chi connectivity index (χ3n) is 3.14. The van der Waals surface area contributed by atoms with Gasteiger partial charge in [0.2, 0.25) is 5.91 Å². The fraction of sp³-hybridized carbons (Fsp3) is 0.500. The molecule has 0 saturated carbocycles. The molecule has 5 nitrogen and oxygen atoms in total. The lowest BCUT2D eigenvalue weighted by Gasteiger charge is -2.14. The number of hydrogen-bond donors (Lipinski definition) is 2. The van der Waals surface area contributed by atoms with Gasteiger partial charge in [0.1, 0.15) is 5.84 Å². The monoisotopic (exact) mass is 290 g/mol. The van der Waals surface area contributed by atoms with E-state index in [4.69, 9.17) is 5.73 Å². The van der Waals surface area contributed by atoms with Crippen LogP contribution in [0.3, 0.4) is 0 Å². The van der Waals surface area contributed by atoms with Crippen LogP contribution in [0, 0.1) is 5.92 Å². The molecule has 0 aliphatic carbocycles. The first-order chi connectivity index (χ1) is 9.79. The van der Waals surface area contributed by atoms with Gasteiger partial charge < -0.3 is 16.0 Å². The maximum absolute atomic E-state index is 11.9. The second-order valence-electron chi connectivity index (χ2n) is 5.83. The molecule has 0 fully saturated rings. The van der Waals surface area contributed by atoms with Gasteiger partial charge in [0.15, 0.2) is 0 Å². The molecule has 1 rings (SSSR count). The molecule has 0 aliphatic rings. The normalized spacial score (nSPS) is 13.2. The summed E-state index contributed by atoms with van der Waals surface area (Å²) in [6, 6.07) is 6.94. The van der Waals surface area contributed by atoms with Crippen LogP contribution in [-0.4, -0.2) is 36.8 Å². The Hall–Kier alpha value is -1.88. The van der Waals surface area contributed by atoms with Gasteiger partial charge in [-0.15, -0.1) is 0 Å². The molecule has 5 heteroatoms. The Kier molecular flexibility index (Phi) is 6.37. The van der Waals surface area contributed by atoms with E-state index < -0.39 is 6.04 Å². The Morgan fingerprint density at radius 1 is 1.29 bits per heavy atom. The zero-order chi connectivity index (χ0) is 16.0. The first kappa shape index (κ1) is 17.2. The number of rotatable bonds is 5. The lowest BCUT2D eigenvalue weighted by Crippen LogP contribution is -2.36. The first-order valence-electron chi connectivity index (χ1n) is 7.18. The van der Waals surface area contributed by atoms with Crippen molar-refractivity contribution in [3.05, 3.63) is 24.3 Å². The van der Waals surface area contributed by atoms with E-state index in [2.05, 4.69) is 10.3 Å².